The molecule has 2 aromatic carbocycles. The number of hydrogen-bond acceptors (Lipinski definition) is 5. The summed E-state index contributed by atoms with van der Waals surface area (Å²) in [4.78, 5) is 2.18. The highest BCUT2D eigenvalue weighted by atomic mass is 32.2. The van der Waals surface area contributed by atoms with Crippen molar-refractivity contribution in [2.45, 2.75) is 16.2 Å². The second-order valence-electron chi connectivity index (χ2n) is 4.51. The maximum atomic E-state index is 8.84. The fourth-order valence-corrected chi connectivity index (χ4v) is 2.85. The maximum absolute atomic E-state index is 8.84. The van der Waals surface area contributed by atoms with E-state index in [4.69, 9.17) is 15.6 Å². The van der Waals surface area contributed by atoms with Gasteiger partial charge in [-0.15, -0.1) is 0 Å². The van der Waals surface area contributed by atoms with Crippen molar-refractivity contribution in [1.29, 1.82) is 0 Å². The molecule has 0 amide bonds. The molecule has 0 bridgehead atoms. The van der Waals surface area contributed by atoms with Gasteiger partial charge in [0.2, 0.25) is 0 Å². The minimum atomic E-state index is 0.150. The van der Waals surface area contributed by atoms with E-state index >= 15 is 0 Å². The molecule has 0 aliphatic rings. The van der Waals surface area contributed by atoms with E-state index in [1.165, 1.54) is 0 Å². The largest absolute Gasteiger partial charge is 0.494 e. The molecule has 0 unspecified atom stereocenters. The van der Waals surface area contributed by atoms with Gasteiger partial charge in [-0.05, 0) is 30.7 Å². The first kappa shape index (κ1) is 15.5. The van der Waals surface area contributed by atoms with Gasteiger partial charge >= 0.3 is 0 Å². The molecule has 4 N–H and O–H groups in total. The number of ether oxygens (including phenoxy) is 1. The van der Waals surface area contributed by atoms with Crippen LogP contribution < -0.4 is 15.8 Å². The monoisotopic (exact) mass is 304 g/mol. The lowest BCUT2D eigenvalue weighted by molar-refractivity contribution is 0.292. The number of hydrogen-bond donors (Lipinski definition) is 3. The second-order valence-corrected chi connectivity index (χ2v) is 5.66. The van der Waals surface area contributed by atoms with Gasteiger partial charge in [-0.2, -0.15) is 0 Å². The Hall–Kier alpha value is -1.85. The Morgan fingerprint density at radius 2 is 1.95 bits per heavy atom. The van der Waals surface area contributed by atoms with Crippen LogP contribution in [0.5, 0.6) is 5.75 Å². The van der Waals surface area contributed by atoms with E-state index in [1.807, 2.05) is 30.3 Å². The SMILES string of the molecule is COc1cc(Sc2ccccc2)cc(N)c1NCCCO. The summed E-state index contributed by atoms with van der Waals surface area (Å²) in [5.74, 6) is 0.714. The first-order chi connectivity index (χ1) is 10.2. The molecule has 0 aromatic heterocycles. The van der Waals surface area contributed by atoms with E-state index in [0.29, 0.717) is 24.4 Å². The molecule has 0 saturated carbocycles. The number of rotatable bonds is 7. The normalized spacial score (nSPS) is 10.4. The number of nitrogens with one attached hydrogen (secondary N) is 1. The van der Waals surface area contributed by atoms with Gasteiger partial charge in [-0.3, -0.25) is 0 Å². The summed E-state index contributed by atoms with van der Waals surface area (Å²) < 4.78 is 5.42. The number of benzene rings is 2. The summed E-state index contributed by atoms with van der Waals surface area (Å²) in [5.41, 5.74) is 7.54. The zero-order chi connectivity index (χ0) is 15.1. The average molecular weight is 304 g/mol. The van der Waals surface area contributed by atoms with E-state index in [1.54, 1.807) is 18.9 Å². The van der Waals surface area contributed by atoms with Crippen LogP contribution in [0.2, 0.25) is 0 Å². The summed E-state index contributed by atoms with van der Waals surface area (Å²) in [7, 11) is 1.63. The molecule has 0 heterocycles. The van der Waals surface area contributed by atoms with Crippen LogP contribution in [-0.2, 0) is 0 Å². The van der Waals surface area contributed by atoms with Gasteiger partial charge in [0.25, 0.3) is 0 Å². The lowest BCUT2D eigenvalue weighted by Gasteiger charge is -2.15. The lowest BCUT2D eigenvalue weighted by Crippen LogP contribution is -2.07. The maximum Gasteiger partial charge on any atom is 0.145 e. The summed E-state index contributed by atoms with van der Waals surface area (Å²) in [6.45, 7) is 0.805. The molecule has 0 fully saturated rings. The van der Waals surface area contributed by atoms with Crippen molar-refractivity contribution in [3.8, 4) is 5.75 Å². The number of aliphatic hydroxyl groups excluding tert-OH is 1. The molecular formula is C16H20N2O2S. The van der Waals surface area contributed by atoms with Crippen LogP contribution in [0.1, 0.15) is 6.42 Å². The predicted molar refractivity (Wildman–Crippen MR) is 88.2 cm³/mol. The van der Waals surface area contributed by atoms with Crippen molar-refractivity contribution in [3.63, 3.8) is 0 Å². The summed E-state index contributed by atoms with van der Waals surface area (Å²) in [5, 5.41) is 12.0. The van der Waals surface area contributed by atoms with Crippen molar-refractivity contribution in [2.75, 3.05) is 31.3 Å². The smallest absolute Gasteiger partial charge is 0.145 e. The molecule has 0 atom stereocenters. The fraction of sp³-hybridized carbons (Fsp3) is 0.250. The number of methoxy groups -OCH3 is 1. The Morgan fingerprint density at radius 3 is 2.62 bits per heavy atom. The third kappa shape index (κ3) is 4.31. The predicted octanol–water partition coefficient (Wildman–Crippen LogP) is 3.22. The Kier molecular flexibility index (Phi) is 5.78. The Balaban J connectivity index is 2.19. The molecule has 0 spiro atoms. The average Bonchev–Trinajstić information content (AvgIpc) is 2.50. The van der Waals surface area contributed by atoms with Crippen LogP contribution in [0.25, 0.3) is 0 Å². The molecule has 2 aromatic rings. The minimum Gasteiger partial charge on any atom is -0.494 e. The van der Waals surface area contributed by atoms with Crippen molar-refractivity contribution in [1.82, 2.24) is 0 Å². The van der Waals surface area contributed by atoms with Crippen molar-refractivity contribution >= 4 is 23.1 Å². The van der Waals surface area contributed by atoms with Gasteiger partial charge in [0.05, 0.1) is 12.8 Å². The summed E-state index contributed by atoms with van der Waals surface area (Å²) in [6, 6.07) is 14.0. The molecule has 4 nitrogen and oxygen atoms in total. The molecule has 0 saturated heterocycles. The minimum absolute atomic E-state index is 0.150. The van der Waals surface area contributed by atoms with Gasteiger partial charge in [0.15, 0.2) is 0 Å². The molecule has 5 heteroatoms. The summed E-state index contributed by atoms with van der Waals surface area (Å²) >= 11 is 1.64. The van der Waals surface area contributed by atoms with Gasteiger partial charge in [0, 0.05) is 22.9 Å². The number of nitrogen functional groups attached to an aromatic ring is 1. The van der Waals surface area contributed by atoms with Crippen LogP contribution in [-0.4, -0.2) is 25.4 Å². The van der Waals surface area contributed by atoms with Gasteiger partial charge in [0.1, 0.15) is 11.4 Å². The highest BCUT2D eigenvalue weighted by molar-refractivity contribution is 7.99. The molecule has 2 rings (SSSR count). The molecule has 21 heavy (non-hydrogen) atoms. The van der Waals surface area contributed by atoms with E-state index in [9.17, 15) is 0 Å². The third-order valence-corrected chi connectivity index (χ3v) is 3.92. The Labute approximate surface area is 129 Å². The van der Waals surface area contributed by atoms with E-state index < -0.39 is 0 Å². The molecular weight excluding hydrogens is 284 g/mol. The summed E-state index contributed by atoms with van der Waals surface area (Å²) in [6.07, 6.45) is 0.670. The zero-order valence-electron chi connectivity index (χ0n) is 12.0. The Morgan fingerprint density at radius 1 is 1.19 bits per heavy atom. The number of nitrogens with two attached hydrogens (primary N) is 1. The van der Waals surface area contributed by atoms with Gasteiger partial charge in [-0.1, -0.05) is 30.0 Å². The first-order valence-corrected chi connectivity index (χ1v) is 7.61. The molecule has 0 aliphatic carbocycles. The lowest BCUT2D eigenvalue weighted by atomic mass is 10.2. The third-order valence-electron chi connectivity index (χ3n) is 2.94. The van der Waals surface area contributed by atoms with E-state index in [-0.39, 0.29) is 6.61 Å². The standard InChI is InChI=1S/C16H20N2O2S/c1-20-15-11-13(21-12-6-3-2-4-7-12)10-14(17)16(15)18-8-5-9-19/h2-4,6-7,10-11,18-19H,5,8-9,17H2,1H3. The topological polar surface area (TPSA) is 67.5 Å². The quantitative estimate of drug-likeness (QED) is 0.541. The Bertz CT molecular complexity index is 576. The zero-order valence-corrected chi connectivity index (χ0v) is 12.8. The molecule has 112 valence electrons. The fourth-order valence-electron chi connectivity index (χ4n) is 1.94. The van der Waals surface area contributed by atoms with Crippen molar-refractivity contribution in [2.24, 2.45) is 0 Å². The van der Waals surface area contributed by atoms with E-state index in [2.05, 4.69) is 17.4 Å². The van der Waals surface area contributed by atoms with Crippen LogP contribution >= 0.6 is 11.8 Å². The van der Waals surface area contributed by atoms with Crippen LogP contribution in [0, 0.1) is 0 Å². The first-order valence-electron chi connectivity index (χ1n) is 6.79. The van der Waals surface area contributed by atoms with Gasteiger partial charge in [-0.25, -0.2) is 0 Å². The highest BCUT2D eigenvalue weighted by Crippen LogP contribution is 2.38. The van der Waals surface area contributed by atoms with Crippen molar-refractivity contribution < 1.29 is 9.84 Å². The number of anilines is 2. The van der Waals surface area contributed by atoms with Crippen LogP contribution in [0.15, 0.2) is 52.3 Å². The second kappa shape index (κ2) is 7.81. The highest BCUT2D eigenvalue weighted by Gasteiger charge is 2.10. The van der Waals surface area contributed by atoms with Gasteiger partial charge < -0.3 is 20.9 Å². The van der Waals surface area contributed by atoms with E-state index in [0.717, 1.165) is 15.5 Å². The molecule has 0 radical (unpaired) electrons. The number of aliphatic hydroxyl groups is 1. The molecule has 0 aliphatic heterocycles. The van der Waals surface area contributed by atoms with Crippen LogP contribution in [0.3, 0.4) is 0 Å². The van der Waals surface area contributed by atoms with Crippen molar-refractivity contribution in [3.05, 3.63) is 42.5 Å². The van der Waals surface area contributed by atoms with Crippen LogP contribution in [0.4, 0.5) is 11.4 Å².